The molecule has 0 aliphatic carbocycles. The number of carbonyl (C=O) groups excluding carboxylic acids is 2. The Morgan fingerprint density at radius 2 is 1.79 bits per heavy atom. The predicted molar refractivity (Wildman–Crippen MR) is 148 cm³/mol. The molecule has 2 aromatic rings. The van der Waals surface area contributed by atoms with Gasteiger partial charge in [-0.15, -0.1) is 0 Å². The summed E-state index contributed by atoms with van der Waals surface area (Å²) in [6.45, 7) is 10.1. The van der Waals surface area contributed by atoms with Gasteiger partial charge in [-0.05, 0) is 29.2 Å². The number of para-hydroxylation sites is 1. The van der Waals surface area contributed by atoms with Crippen molar-refractivity contribution < 1.29 is 23.5 Å². The zero-order valence-electron chi connectivity index (χ0n) is 23.4. The summed E-state index contributed by atoms with van der Waals surface area (Å²) in [4.78, 5) is 31.2. The average Bonchev–Trinajstić information content (AvgIpc) is 3.36. The minimum Gasteiger partial charge on any atom is -0.496 e. The van der Waals surface area contributed by atoms with Gasteiger partial charge < -0.3 is 14.4 Å². The summed E-state index contributed by atoms with van der Waals surface area (Å²) in [6, 6.07) is 13.3. The van der Waals surface area contributed by atoms with Crippen LogP contribution in [0.1, 0.15) is 50.8 Å². The smallest absolute Gasteiger partial charge is 0.262 e. The van der Waals surface area contributed by atoms with Gasteiger partial charge in [0.25, 0.3) is 5.91 Å². The first kappa shape index (κ1) is 28.7. The van der Waals surface area contributed by atoms with Crippen LogP contribution in [0.3, 0.4) is 0 Å². The number of amides is 2. The molecule has 2 aliphatic heterocycles. The second-order valence-corrected chi connectivity index (χ2v) is 11.3. The van der Waals surface area contributed by atoms with E-state index in [9.17, 15) is 14.0 Å². The van der Waals surface area contributed by atoms with Crippen LogP contribution in [0.15, 0.2) is 53.6 Å². The average molecular weight is 539 g/mol. The first-order chi connectivity index (χ1) is 18.6. The maximum Gasteiger partial charge on any atom is 0.262 e. The molecule has 2 amide bonds. The van der Waals surface area contributed by atoms with Gasteiger partial charge in [-0.2, -0.15) is 5.10 Å². The van der Waals surface area contributed by atoms with E-state index in [1.165, 1.54) is 17.1 Å². The van der Waals surface area contributed by atoms with Crippen molar-refractivity contribution in [2.45, 2.75) is 39.7 Å². The normalized spacial score (nSPS) is 18.1. The zero-order valence-corrected chi connectivity index (χ0v) is 23.4. The fourth-order valence-corrected chi connectivity index (χ4v) is 4.92. The van der Waals surface area contributed by atoms with Crippen molar-refractivity contribution in [3.63, 3.8) is 0 Å². The number of hydrazone groups is 1. The Bertz CT molecular complexity index is 1170. The summed E-state index contributed by atoms with van der Waals surface area (Å²) in [7, 11) is 1.60. The zero-order chi connectivity index (χ0) is 28.0. The second-order valence-electron chi connectivity index (χ2n) is 11.3. The molecule has 0 saturated carbocycles. The van der Waals surface area contributed by atoms with Crippen LogP contribution >= 0.6 is 0 Å². The molecule has 1 unspecified atom stereocenters. The number of hydrogen-bond acceptors (Lipinski definition) is 6. The van der Waals surface area contributed by atoms with Gasteiger partial charge in [-0.3, -0.25) is 14.5 Å². The van der Waals surface area contributed by atoms with Crippen molar-refractivity contribution in [1.82, 2.24) is 14.8 Å². The molecular weight excluding hydrogens is 499 g/mol. The van der Waals surface area contributed by atoms with E-state index in [0.29, 0.717) is 50.6 Å². The Kier molecular flexibility index (Phi) is 9.35. The summed E-state index contributed by atoms with van der Waals surface area (Å²) in [5, 5.41) is 6.19. The Balaban J connectivity index is 1.59. The van der Waals surface area contributed by atoms with Crippen LogP contribution in [-0.4, -0.2) is 85.4 Å². The van der Waals surface area contributed by atoms with E-state index in [4.69, 9.17) is 14.6 Å². The molecule has 2 aromatic carbocycles. The van der Waals surface area contributed by atoms with Crippen molar-refractivity contribution >= 4 is 17.5 Å². The van der Waals surface area contributed by atoms with Crippen molar-refractivity contribution in [2.75, 3.05) is 53.0 Å². The lowest BCUT2D eigenvalue weighted by molar-refractivity contribution is -0.142. The third kappa shape index (κ3) is 7.64. The van der Waals surface area contributed by atoms with Gasteiger partial charge in [0, 0.05) is 44.6 Å². The predicted octanol–water partition coefficient (Wildman–Crippen LogP) is 4.11. The molecule has 0 spiro atoms. The van der Waals surface area contributed by atoms with Crippen LogP contribution in [-0.2, 0) is 14.3 Å². The number of rotatable bonds is 9. The number of halogens is 1. The van der Waals surface area contributed by atoms with E-state index in [-0.39, 0.29) is 29.6 Å². The largest absolute Gasteiger partial charge is 0.496 e. The maximum absolute atomic E-state index is 13.9. The summed E-state index contributed by atoms with van der Waals surface area (Å²) < 4.78 is 24.6. The van der Waals surface area contributed by atoms with Crippen molar-refractivity contribution in [3.05, 3.63) is 65.5 Å². The number of nitrogens with zero attached hydrogens (tertiary/aromatic N) is 4. The molecule has 2 heterocycles. The Hall–Kier alpha value is -3.30. The van der Waals surface area contributed by atoms with E-state index in [1.807, 2.05) is 45.0 Å². The Morgan fingerprint density at radius 3 is 2.46 bits per heavy atom. The molecule has 0 N–H and O–H groups in total. The number of hydrogen-bond donors (Lipinski definition) is 0. The Morgan fingerprint density at radius 1 is 1.10 bits per heavy atom. The van der Waals surface area contributed by atoms with Crippen molar-refractivity contribution in [3.8, 4) is 5.75 Å². The van der Waals surface area contributed by atoms with Crippen molar-refractivity contribution in [2.24, 2.45) is 10.5 Å². The fraction of sp³-hybridized carbons (Fsp3) is 0.500. The van der Waals surface area contributed by atoms with E-state index in [2.05, 4.69) is 4.90 Å². The highest BCUT2D eigenvalue weighted by Gasteiger charge is 2.36. The van der Waals surface area contributed by atoms with Crippen LogP contribution < -0.4 is 4.74 Å². The number of benzene rings is 2. The molecule has 8 nitrogen and oxygen atoms in total. The molecule has 9 heteroatoms. The molecule has 1 fully saturated rings. The fourth-order valence-electron chi connectivity index (χ4n) is 4.92. The molecule has 1 atom stereocenters. The second kappa shape index (κ2) is 12.7. The van der Waals surface area contributed by atoms with Gasteiger partial charge in [-0.25, -0.2) is 9.40 Å². The SMILES string of the molecule is COc1ccccc1C1CC(c2ccc(F)cc2)=NN1C(=O)CN(CCN1CCOCC1)C(=O)CC(C)(C)C. The third-order valence-corrected chi connectivity index (χ3v) is 6.99. The quantitative estimate of drug-likeness (QED) is 0.481. The molecule has 4 rings (SSSR count). The lowest BCUT2D eigenvalue weighted by Gasteiger charge is -2.32. The lowest BCUT2D eigenvalue weighted by Crippen LogP contribution is -2.47. The monoisotopic (exact) mass is 538 g/mol. The van der Waals surface area contributed by atoms with Gasteiger partial charge in [0.2, 0.25) is 5.91 Å². The topological polar surface area (TPSA) is 74.7 Å². The molecule has 0 radical (unpaired) electrons. The molecule has 0 bridgehead atoms. The van der Waals surface area contributed by atoms with Crippen LogP contribution in [0.25, 0.3) is 0 Å². The molecule has 2 aliphatic rings. The summed E-state index contributed by atoms with van der Waals surface area (Å²) in [5.41, 5.74) is 2.05. The minimum atomic E-state index is -0.410. The number of methoxy groups -OCH3 is 1. The molecule has 39 heavy (non-hydrogen) atoms. The van der Waals surface area contributed by atoms with Gasteiger partial charge in [0.05, 0.1) is 32.1 Å². The molecule has 1 saturated heterocycles. The van der Waals surface area contributed by atoms with E-state index in [0.717, 1.165) is 24.2 Å². The molecular formula is C30H39FN4O4. The van der Waals surface area contributed by atoms with E-state index in [1.54, 1.807) is 24.1 Å². The van der Waals surface area contributed by atoms with E-state index < -0.39 is 6.04 Å². The number of ether oxygens (including phenoxy) is 2. The van der Waals surface area contributed by atoms with Gasteiger partial charge in [0.1, 0.15) is 18.1 Å². The van der Waals surface area contributed by atoms with Crippen LogP contribution in [0.4, 0.5) is 4.39 Å². The van der Waals surface area contributed by atoms with Crippen molar-refractivity contribution in [1.29, 1.82) is 0 Å². The molecule has 0 aromatic heterocycles. The highest BCUT2D eigenvalue weighted by molar-refractivity contribution is 6.03. The van der Waals surface area contributed by atoms with Crippen LogP contribution in [0.5, 0.6) is 5.75 Å². The first-order valence-corrected chi connectivity index (χ1v) is 13.5. The highest BCUT2D eigenvalue weighted by Crippen LogP contribution is 2.37. The summed E-state index contributed by atoms with van der Waals surface area (Å²) in [5.74, 6) is -0.00388. The first-order valence-electron chi connectivity index (χ1n) is 13.5. The van der Waals surface area contributed by atoms with Gasteiger partial charge >= 0.3 is 0 Å². The lowest BCUT2D eigenvalue weighted by atomic mass is 9.91. The maximum atomic E-state index is 13.9. The van der Waals surface area contributed by atoms with Gasteiger partial charge in [-0.1, -0.05) is 51.1 Å². The Labute approximate surface area is 230 Å². The van der Waals surface area contributed by atoms with Crippen LogP contribution in [0.2, 0.25) is 0 Å². The highest BCUT2D eigenvalue weighted by atomic mass is 19.1. The summed E-state index contributed by atoms with van der Waals surface area (Å²) >= 11 is 0. The van der Waals surface area contributed by atoms with E-state index >= 15 is 0 Å². The number of morpholine rings is 1. The molecule has 210 valence electrons. The standard InChI is InChI=1S/C30H39FN4O4/c1-30(2,3)20-28(36)34(14-13-33-15-17-39-18-16-33)21-29(37)35-26(24-7-5-6-8-27(24)38-4)19-25(32-35)22-9-11-23(31)12-10-22/h5-12,26H,13-21H2,1-4H3. The van der Waals surface area contributed by atoms with Crippen LogP contribution in [0, 0.1) is 11.2 Å². The number of carbonyl (C=O) groups is 2. The third-order valence-electron chi connectivity index (χ3n) is 6.99. The van der Waals surface area contributed by atoms with Gasteiger partial charge in [0.15, 0.2) is 0 Å². The summed E-state index contributed by atoms with van der Waals surface area (Å²) in [6.07, 6.45) is 0.783. The minimum absolute atomic E-state index is 0.0557.